The molecule has 2 aromatic carbocycles. The molecular weight excluding hydrogens is 428 g/mol. The van der Waals surface area contributed by atoms with E-state index in [1.165, 1.54) is 0 Å². The molecule has 1 N–H and O–H groups in total. The van der Waals surface area contributed by atoms with Crippen molar-refractivity contribution in [2.45, 2.75) is 44.0 Å². The Kier molecular flexibility index (Phi) is 5.08. The van der Waals surface area contributed by atoms with E-state index in [0.29, 0.717) is 30.8 Å². The SMILES string of the molecule is CCOc1ccc(C2OC34CCC(c5ccccc5)CC3C(C#N)(C(=N)O4)C2(C#N)C#N)cc1. The summed E-state index contributed by atoms with van der Waals surface area (Å²) in [5.41, 5.74) is -1.99. The van der Waals surface area contributed by atoms with E-state index in [4.69, 9.17) is 19.6 Å². The zero-order valence-electron chi connectivity index (χ0n) is 18.8. The van der Waals surface area contributed by atoms with Gasteiger partial charge in [-0.15, -0.1) is 0 Å². The lowest BCUT2D eigenvalue weighted by atomic mass is 9.50. The highest BCUT2D eigenvalue weighted by Gasteiger charge is 2.81. The van der Waals surface area contributed by atoms with E-state index in [2.05, 4.69) is 18.2 Å². The molecule has 1 saturated carbocycles. The van der Waals surface area contributed by atoms with Crippen molar-refractivity contribution in [2.75, 3.05) is 6.61 Å². The number of nitrogens with one attached hydrogen (secondary N) is 1. The Bertz CT molecular complexity index is 1230. The first-order valence-corrected chi connectivity index (χ1v) is 11.5. The van der Waals surface area contributed by atoms with Gasteiger partial charge in [0.25, 0.3) is 0 Å². The average Bonchev–Trinajstić information content (AvgIpc) is 3.08. The topological polar surface area (TPSA) is 123 Å². The molecule has 2 aromatic rings. The molecule has 170 valence electrons. The van der Waals surface area contributed by atoms with Gasteiger partial charge in [0.15, 0.2) is 5.41 Å². The summed E-state index contributed by atoms with van der Waals surface area (Å²) < 4.78 is 18.1. The first-order valence-electron chi connectivity index (χ1n) is 11.5. The third-order valence-electron chi connectivity index (χ3n) is 7.67. The molecule has 2 bridgehead atoms. The van der Waals surface area contributed by atoms with Crippen molar-refractivity contribution < 1.29 is 14.2 Å². The Balaban J connectivity index is 1.63. The number of nitriles is 3. The van der Waals surface area contributed by atoms with E-state index in [0.717, 1.165) is 12.0 Å². The van der Waals surface area contributed by atoms with Crippen molar-refractivity contribution in [3.05, 3.63) is 65.7 Å². The van der Waals surface area contributed by atoms with Crippen molar-refractivity contribution in [2.24, 2.45) is 16.7 Å². The van der Waals surface area contributed by atoms with E-state index in [1.807, 2.05) is 37.3 Å². The van der Waals surface area contributed by atoms with Crippen molar-refractivity contribution in [3.63, 3.8) is 0 Å². The molecule has 2 saturated heterocycles. The van der Waals surface area contributed by atoms with Gasteiger partial charge in [0, 0.05) is 6.42 Å². The second-order valence-corrected chi connectivity index (χ2v) is 9.13. The van der Waals surface area contributed by atoms with Crippen LogP contribution in [-0.2, 0) is 9.47 Å². The van der Waals surface area contributed by atoms with Crippen LogP contribution in [0.1, 0.15) is 49.3 Å². The fraction of sp³-hybridized carbons (Fsp3) is 0.407. The van der Waals surface area contributed by atoms with Crippen LogP contribution in [0.5, 0.6) is 5.75 Å². The summed E-state index contributed by atoms with van der Waals surface area (Å²) >= 11 is 0. The third-order valence-corrected chi connectivity index (χ3v) is 7.67. The molecule has 1 aliphatic carbocycles. The zero-order chi connectivity index (χ0) is 24.0. The number of rotatable bonds is 4. The molecule has 5 rings (SSSR count). The van der Waals surface area contributed by atoms with Crippen molar-refractivity contribution in [1.82, 2.24) is 0 Å². The van der Waals surface area contributed by atoms with Crippen LogP contribution in [0.15, 0.2) is 54.6 Å². The molecule has 0 radical (unpaired) electrons. The van der Waals surface area contributed by atoms with E-state index in [9.17, 15) is 15.8 Å². The average molecular weight is 453 g/mol. The summed E-state index contributed by atoms with van der Waals surface area (Å²) in [6.45, 7) is 2.40. The van der Waals surface area contributed by atoms with Crippen LogP contribution in [0.25, 0.3) is 0 Å². The number of hydrogen-bond donors (Lipinski definition) is 1. The molecule has 34 heavy (non-hydrogen) atoms. The van der Waals surface area contributed by atoms with Crippen LogP contribution in [0.2, 0.25) is 0 Å². The highest BCUT2D eigenvalue weighted by Crippen LogP contribution is 2.70. The molecule has 3 aliphatic rings. The van der Waals surface area contributed by atoms with Gasteiger partial charge in [-0.1, -0.05) is 42.5 Å². The zero-order valence-corrected chi connectivity index (χ0v) is 18.8. The molecule has 0 spiro atoms. The molecule has 2 aliphatic heterocycles. The number of nitrogens with zero attached hydrogens (tertiary/aromatic N) is 3. The second kappa shape index (κ2) is 7.87. The minimum absolute atomic E-state index is 0.113. The van der Waals surface area contributed by atoms with Gasteiger partial charge in [-0.3, -0.25) is 5.41 Å². The van der Waals surface area contributed by atoms with Crippen molar-refractivity contribution in [1.29, 1.82) is 21.2 Å². The standard InChI is InChI=1S/C27H24N4O3/c1-2-32-21-10-8-19(9-11-21)23-25(15-28,16-29)26(17-30)22-14-20(18-6-4-3-5-7-18)12-13-27(22,33-23)34-24(26)31/h3-11,20,22-23,31H,2,12-14H2,1H3. The van der Waals surface area contributed by atoms with E-state index >= 15 is 0 Å². The van der Waals surface area contributed by atoms with Crippen LogP contribution in [0, 0.1) is 56.2 Å². The third kappa shape index (κ3) is 2.73. The number of benzene rings is 2. The fourth-order valence-electron chi connectivity index (χ4n) is 6.07. The van der Waals surface area contributed by atoms with E-state index in [-0.39, 0.29) is 11.8 Å². The molecule has 0 amide bonds. The van der Waals surface area contributed by atoms with Gasteiger partial charge in [0.1, 0.15) is 11.9 Å². The Morgan fingerprint density at radius 1 is 1.00 bits per heavy atom. The highest BCUT2D eigenvalue weighted by molar-refractivity contribution is 5.89. The first-order chi connectivity index (χ1) is 16.5. The maximum absolute atomic E-state index is 10.6. The molecule has 2 heterocycles. The lowest BCUT2D eigenvalue weighted by Crippen LogP contribution is -2.60. The van der Waals surface area contributed by atoms with E-state index in [1.54, 1.807) is 24.3 Å². The quantitative estimate of drug-likeness (QED) is 0.697. The lowest BCUT2D eigenvalue weighted by Gasteiger charge is -2.52. The predicted molar refractivity (Wildman–Crippen MR) is 121 cm³/mol. The molecule has 7 nitrogen and oxygen atoms in total. The minimum atomic E-state index is -1.95. The molecule has 5 unspecified atom stereocenters. The Labute approximate surface area is 198 Å². The van der Waals surface area contributed by atoms with Gasteiger partial charge in [-0.05, 0) is 48.9 Å². The van der Waals surface area contributed by atoms with Gasteiger partial charge in [-0.25, -0.2) is 0 Å². The van der Waals surface area contributed by atoms with Gasteiger partial charge in [0.2, 0.25) is 17.1 Å². The van der Waals surface area contributed by atoms with Crippen molar-refractivity contribution >= 4 is 5.90 Å². The van der Waals surface area contributed by atoms with Gasteiger partial charge in [-0.2, -0.15) is 15.8 Å². The molecule has 3 fully saturated rings. The molecule has 0 aromatic heterocycles. The predicted octanol–water partition coefficient (Wildman–Crippen LogP) is 4.99. The summed E-state index contributed by atoms with van der Waals surface area (Å²) in [5, 5.41) is 40.2. The van der Waals surface area contributed by atoms with E-state index < -0.39 is 28.6 Å². The van der Waals surface area contributed by atoms with Gasteiger partial charge >= 0.3 is 0 Å². The molecular formula is C27H24N4O3. The van der Waals surface area contributed by atoms with Crippen molar-refractivity contribution in [3.8, 4) is 24.0 Å². The Morgan fingerprint density at radius 2 is 1.71 bits per heavy atom. The molecule has 7 heteroatoms. The summed E-state index contributed by atoms with van der Waals surface area (Å²) in [6, 6.07) is 23.5. The number of hydrogen-bond acceptors (Lipinski definition) is 7. The monoisotopic (exact) mass is 452 g/mol. The summed E-state index contributed by atoms with van der Waals surface area (Å²) in [4.78, 5) is 0. The van der Waals surface area contributed by atoms with Crippen LogP contribution in [-0.4, -0.2) is 18.3 Å². The Hall–Kier alpha value is -3.86. The second-order valence-electron chi connectivity index (χ2n) is 9.13. The van der Waals surface area contributed by atoms with Crippen LogP contribution >= 0.6 is 0 Å². The minimum Gasteiger partial charge on any atom is -0.494 e. The first kappa shape index (κ1) is 22.0. The summed E-state index contributed by atoms with van der Waals surface area (Å²) in [5.74, 6) is -1.41. The normalized spacial score (nSPS) is 32.9. The maximum atomic E-state index is 10.6. The van der Waals surface area contributed by atoms with Gasteiger partial charge < -0.3 is 14.2 Å². The van der Waals surface area contributed by atoms with Gasteiger partial charge in [0.05, 0.1) is 30.7 Å². The Morgan fingerprint density at radius 3 is 2.32 bits per heavy atom. The van der Waals surface area contributed by atoms with Crippen LogP contribution in [0.4, 0.5) is 0 Å². The maximum Gasteiger partial charge on any atom is 0.217 e. The lowest BCUT2D eigenvalue weighted by molar-refractivity contribution is -0.296. The summed E-state index contributed by atoms with van der Waals surface area (Å²) in [7, 11) is 0. The fourth-order valence-corrected chi connectivity index (χ4v) is 6.07. The highest BCUT2D eigenvalue weighted by atomic mass is 16.7. The van der Waals surface area contributed by atoms with Crippen LogP contribution < -0.4 is 4.74 Å². The molecule has 5 atom stereocenters. The smallest absolute Gasteiger partial charge is 0.217 e. The number of ether oxygens (including phenoxy) is 3. The summed E-state index contributed by atoms with van der Waals surface area (Å²) in [6.07, 6.45) is 0.646. The van der Waals surface area contributed by atoms with Crippen LogP contribution in [0.3, 0.4) is 0 Å². The largest absolute Gasteiger partial charge is 0.494 e.